The highest BCUT2D eigenvalue weighted by Crippen LogP contribution is 2.40. The van der Waals surface area contributed by atoms with E-state index in [9.17, 15) is 4.79 Å². The molecule has 1 N–H and O–H groups in total. The van der Waals surface area contributed by atoms with Crippen LogP contribution in [0.1, 0.15) is 15.9 Å². The van der Waals surface area contributed by atoms with Crippen molar-refractivity contribution in [3.63, 3.8) is 0 Å². The lowest BCUT2D eigenvalue weighted by atomic mass is 10.2. The van der Waals surface area contributed by atoms with Gasteiger partial charge in [-0.05, 0) is 29.8 Å². The summed E-state index contributed by atoms with van der Waals surface area (Å²) in [5.41, 5.74) is 2.29. The van der Waals surface area contributed by atoms with Crippen LogP contribution in [0.15, 0.2) is 65.8 Å². The third-order valence-corrected chi connectivity index (χ3v) is 5.34. The second kappa shape index (κ2) is 9.84. The molecule has 0 radical (unpaired) electrons. The van der Waals surface area contributed by atoms with Gasteiger partial charge in [0.15, 0.2) is 11.5 Å². The molecule has 0 fully saturated rings. The molecule has 0 unspecified atom stereocenters. The van der Waals surface area contributed by atoms with Crippen LogP contribution in [0.5, 0.6) is 17.2 Å². The summed E-state index contributed by atoms with van der Waals surface area (Å²) in [6, 6.07) is 14.8. The lowest BCUT2D eigenvalue weighted by Crippen LogP contribution is -2.13. The van der Waals surface area contributed by atoms with Crippen LogP contribution in [0.2, 0.25) is 0 Å². The number of amides is 1. The van der Waals surface area contributed by atoms with E-state index in [2.05, 4.69) is 10.3 Å². The second-order valence-electron chi connectivity index (χ2n) is 6.01. The molecule has 0 aliphatic carbocycles. The van der Waals surface area contributed by atoms with Crippen LogP contribution in [0.25, 0.3) is 0 Å². The first kappa shape index (κ1) is 20.5. The summed E-state index contributed by atoms with van der Waals surface area (Å²) in [5, 5.41) is 2.92. The van der Waals surface area contributed by atoms with Crippen LogP contribution >= 0.6 is 11.8 Å². The summed E-state index contributed by atoms with van der Waals surface area (Å²) in [6.45, 7) is 0. The second-order valence-corrected chi connectivity index (χ2v) is 7.03. The van der Waals surface area contributed by atoms with E-state index in [1.54, 1.807) is 36.3 Å². The van der Waals surface area contributed by atoms with Crippen LogP contribution in [0.3, 0.4) is 0 Å². The summed E-state index contributed by atoms with van der Waals surface area (Å²) >= 11 is 1.60. The predicted octanol–water partition coefficient (Wildman–Crippen LogP) is 4.65. The molecule has 3 rings (SSSR count). The molecule has 0 saturated carbocycles. The number of carbonyl (C=O) groups excluding carboxylic acids is 1. The maximum Gasteiger partial charge on any atom is 0.256 e. The molecule has 3 aromatic rings. The minimum absolute atomic E-state index is 0.211. The number of carbonyl (C=O) groups is 1. The maximum atomic E-state index is 13.0. The number of rotatable bonds is 8. The number of hydrogen-bond acceptors (Lipinski definition) is 6. The number of pyridine rings is 1. The van der Waals surface area contributed by atoms with Crippen molar-refractivity contribution in [1.29, 1.82) is 0 Å². The standard InChI is InChI=1S/C22H22N2O4S/c1-26-18-12-16(13-19(27-2)21(18)28-3)24-22(25)17-6-4-5-7-20(17)29-14-15-8-10-23-11-9-15/h4-13H,14H2,1-3H3,(H,24,25). The van der Waals surface area contributed by atoms with Gasteiger partial charge in [0, 0.05) is 40.9 Å². The van der Waals surface area contributed by atoms with Gasteiger partial charge in [0.2, 0.25) is 5.75 Å². The van der Waals surface area contributed by atoms with E-state index in [0.29, 0.717) is 28.5 Å². The third-order valence-electron chi connectivity index (χ3n) is 4.20. The first-order valence-electron chi connectivity index (χ1n) is 8.88. The molecule has 2 aromatic carbocycles. The highest BCUT2D eigenvalue weighted by molar-refractivity contribution is 7.98. The highest BCUT2D eigenvalue weighted by Gasteiger charge is 2.16. The zero-order valence-electron chi connectivity index (χ0n) is 16.5. The number of anilines is 1. The third kappa shape index (κ3) is 5.00. The molecule has 29 heavy (non-hydrogen) atoms. The number of nitrogens with zero attached hydrogens (tertiary/aromatic N) is 1. The van der Waals surface area contributed by atoms with Crippen molar-refractivity contribution in [1.82, 2.24) is 4.98 Å². The summed E-state index contributed by atoms with van der Waals surface area (Å²) in [7, 11) is 4.61. The predicted molar refractivity (Wildman–Crippen MR) is 114 cm³/mol. The Morgan fingerprint density at radius 2 is 1.62 bits per heavy atom. The summed E-state index contributed by atoms with van der Waals surface area (Å²) in [4.78, 5) is 17.9. The number of nitrogens with one attached hydrogen (secondary N) is 1. The molecular formula is C22H22N2O4S. The van der Waals surface area contributed by atoms with Crippen molar-refractivity contribution < 1.29 is 19.0 Å². The van der Waals surface area contributed by atoms with Crippen LogP contribution in [0.4, 0.5) is 5.69 Å². The Labute approximate surface area is 174 Å². The quantitative estimate of drug-likeness (QED) is 0.545. The molecule has 1 aromatic heterocycles. The molecule has 0 spiro atoms. The van der Waals surface area contributed by atoms with Gasteiger partial charge in [0.05, 0.1) is 26.9 Å². The molecule has 0 aliphatic rings. The molecule has 150 valence electrons. The Morgan fingerprint density at radius 3 is 2.24 bits per heavy atom. The van der Waals surface area contributed by atoms with Crippen molar-refractivity contribution in [3.8, 4) is 17.2 Å². The Bertz CT molecular complexity index is 955. The molecule has 1 heterocycles. The molecule has 0 aliphatic heterocycles. The van der Waals surface area contributed by atoms with Crippen LogP contribution in [-0.4, -0.2) is 32.2 Å². The van der Waals surface area contributed by atoms with Crippen LogP contribution < -0.4 is 19.5 Å². The first-order valence-corrected chi connectivity index (χ1v) is 9.87. The molecular weight excluding hydrogens is 388 g/mol. The summed E-state index contributed by atoms with van der Waals surface area (Å²) in [6.07, 6.45) is 3.53. The number of benzene rings is 2. The zero-order valence-corrected chi connectivity index (χ0v) is 17.3. The largest absolute Gasteiger partial charge is 0.493 e. The minimum Gasteiger partial charge on any atom is -0.493 e. The first-order chi connectivity index (χ1) is 14.2. The number of thioether (sulfide) groups is 1. The van der Waals surface area contributed by atoms with Gasteiger partial charge in [0.1, 0.15) is 0 Å². The van der Waals surface area contributed by atoms with Crippen molar-refractivity contribution in [3.05, 3.63) is 72.1 Å². The van der Waals surface area contributed by atoms with E-state index in [0.717, 1.165) is 16.2 Å². The normalized spacial score (nSPS) is 10.3. The average Bonchev–Trinajstić information content (AvgIpc) is 2.77. The number of methoxy groups -OCH3 is 3. The van der Waals surface area contributed by atoms with Gasteiger partial charge in [-0.15, -0.1) is 11.8 Å². The van der Waals surface area contributed by atoms with E-state index in [1.165, 1.54) is 21.3 Å². The maximum absolute atomic E-state index is 13.0. The minimum atomic E-state index is -0.211. The highest BCUT2D eigenvalue weighted by atomic mass is 32.2. The Morgan fingerprint density at radius 1 is 0.966 bits per heavy atom. The fraction of sp³-hybridized carbons (Fsp3) is 0.182. The van der Waals surface area contributed by atoms with E-state index in [4.69, 9.17) is 14.2 Å². The lowest BCUT2D eigenvalue weighted by Gasteiger charge is -2.15. The van der Waals surface area contributed by atoms with E-state index >= 15 is 0 Å². The van der Waals surface area contributed by atoms with Gasteiger partial charge >= 0.3 is 0 Å². The average molecular weight is 410 g/mol. The van der Waals surface area contributed by atoms with Crippen molar-refractivity contribution in [2.45, 2.75) is 10.6 Å². The lowest BCUT2D eigenvalue weighted by molar-refractivity contribution is 0.102. The Hall–Kier alpha value is -3.19. The topological polar surface area (TPSA) is 69.7 Å². The number of hydrogen-bond donors (Lipinski definition) is 1. The van der Waals surface area contributed by atoms with Gasteiger partial charge in [-0.1, -0.05) is 12.1 Å². The number of ether oxygens (including phenoxy) is 3. The van der Waals surface area contributed by atoms with Crippen LogP contribution in [0, 0.1) is 0 Å². The van der Waals surface area contributed by atoms with E-state index < -0.39 is 0 Å². The van der Waals surface area contributed by atoms with Crippen LogP contribution in [-0.2, 0) is 5.75 Å². The molecule has 0 saturated heterocycles. The molecule has 7 heteroatoms. The monoisotopic (exact) mass is 410 g/mol. The summed E-state index contributed by atoms with van der Waals surface area (Å²) < 4.78 is 16.0. The van der Waals surface area contributed by atoms with E-state index in [1.807, 2.05) is 36.4 Å². The Balaban J connectivity index is 1.81. The van der Waals surface area contributed by atoms with Crippen molar-refractivity contribution in [2.75, 3.05) is 26.6 Å². The molecule has 1 amide bonds. The van der Waals surface area contributed by atoms with Gasteiger partial charge < -0.3 is 19.5 Å². The number of aromatic nitrogens is 1. The van der Waals surface area contributed by atoms with Gasteiger partial charge in [-0.2, -0.15) is 0 Å². The van der Waals surface area contributed by atoms with Gasteiger partial charge in [-0.3, -0.25) is 9.78 Å². The smallest absolute Gasteiger partial charge is 0.256 e. The SMILES string of the molecule is COc1cc(NC(=O)c2ccccc2SCc2ccncc2)cc(OC)c1OC. The molecule has 0 bridgehead atoms. The Kier molecular flexibility index (Phi) is 6.97. The molecule has 6 nitrogen and oxygen atoms in total. The van der Waals surface area contributed by atoms with E-state index in [-0.39, 0.29) is 5.91 Å². The van der Waals surface area contributed by atoms with Crippen molar-refractivity contribution in [2.24, 2.45) is 0 Å². The fourth-order valence-corrected chi connectivity index (χ4v) is 3.78. The summed E-state index contributed by atoms with van der Waals surface area (Å²) in [5.74, 6) is 1.96. The van der Waals surface area contributed by atoms with Gasteiger partial charge in [-0.25, -0.2) is 0 Å². The zero-order chi connectivity index (χ0) is 20.6. The van der Waals surface area contributed by atoms with Gasteiger partial charge in [0.25, 0.3) is 5.91 Å². The van der Waals surface area contributed by atoms with Crippen molar-refractivity contribution >= 4 is 23.4 Å². The molecule has 0 atom stereocenters. The fourth-order valence-electron chi connectivity index (χ4n) is 2.77.